The summed E-state index contributed by atoms with van der Waals surface area (Å²) in [5.41, 5.74) is -1.41. The van der Waals surface area contributed by atoms with Crippen LogP contribution in [0.5, 0.6) is 0 Å². The molecular formula is C20H38N4O10. The van der Waals surface area contributed by atoms with Gasteiger partial charge in [0.05, 0.1) is 0 Å². The second-order valence-corrected chi connectivity index (χ2v) is 9.31. The van der Waals surface area contributed by atoms with Crippen molar-refractivity contribution < 1.29 is 49.1 Å². The number of rotatable bonds is 11. The molecule has 0 aliphatic rings. The molecule has 0 saturated heterocycles. The van der Waals surface area contributed by atoms with Crippen molar-refractivity contribution >= 4 is 24.0 Å². The lowest BCUT2D eigenvalue weighted by Gasteiger charge is -2.25. The Labute approximate surface area is 198 Å². The lowest BCUT2D eigenvalue weighted by Crippen LogP contribution is -2.55. The van der Waals surface area contributed by atoms with Crippen LogP contribution >= 0.6 is 0 Å². The van der Waals surface area contributed by atoms with Crippen LogP contribution in [0.25, 0.3) is 0 Å². The molecule has 0 heterocycles. The Bertz CT molecular complexity index is 632. The second kappa shape index (κ2) is 13.9. The average Bonchev–Trinajstić information content (AvgIpc) is 2.69. The SMILES string of the molecule is CC(C)(C)OC(=O)NCCNC(=O)[C@@H](O)C(O)[C@H](O)[C@@H](O)C(=O)NCCNC(=O)OC(C)(C)C. The molecule has 8 N–H and O–H groups in total. The van der Waals surface area contributed by atoms with Crippen LogP contribution in [0, 0.1) is 0 Å². The first-order valence-corrected chi connectivity index (χ1v) is 10.7. The monoisotopic (exact) mass is 494 g/mol. The zero-order valence-corrected chi connectivity index (χ0v) is 20.4. The molecule has 4 atom stereocenters. The predicted molar refractivity (Wildman–Crippen MR) is 119 cm³/mol. The van der Waals surface area contributed by atoms with E-state index in [-0.39, 0.29) is 26.2 Å². The van der Waals surface area contributed by atoms with Gasteiger partial charge in [-0.25, -0.2) is 9.59 Å². The normalized spacial score (nSPS) is 15.2. The van der Waals surface area contributed by atoms with Crippen LogP contribution in [-0.2, 0) is 19.1 Å². The van der Waals surface area contributed by atoms with Gasteiger partial charge in [-0.3, -0.25) is 9.59 Å². The lowest BCUT2D eigenvalue weighted by molar-refractivity contribution is -0.155. The zero-order chi connectivity index (χ0) is 26.7. The molecule has 0 aromatic heterocycles. The number of alkyl carbamates (subject to hydrolysis) is 2. The molecule has 0 rings (SSSR count). The van der Waals surface area contributed by atoms with Crippen molar-refractivity contribution in [3.63, 3.8) is 0 Å². The molecule has 0 fully saturated rings. The van der Waals surface area contributed by atoms with E-state index in [1.807, 2.05) is 0 Å². The largest absolute Gasteiger partial charge is 0.444 e. The van der Waals surface area contributed by atoms with Gasteiger partial charge in [0.1, 0.15) is 23.4 Å². The third-order valence-corrected chi connectivity index (χ3v) is 3.72. The summed E-state index contributed by atoms with van der Waals surface area (Å²) in [6.45, 7) is 9.68. The van der Waals surface area contributed by atoms with Crippen LogP contribution in [0.4, 0.5) is 9.59 Å². The molecular weight excluding hydrogens is 456 g/mol. The van der Waals surface area contributed by atoms with E-state index in [0.29, 0.717) is 0 Å². The first-order valence-electron chi connectivity index (χ1n) is 10.7. The molecule has 0 aromatic carbocycles. The first kappa shape index (κ1) is 31.3. The highest BCUT2D eigenvalue weighted by atomic mass is 16.6. The Morgan fingerprint density at radius 1 is 0.588 bits per heavy atom. The van der Waals surface area contributed by atoms with Crippen molar-refractivity contribution in [3.05, 3.63) is 0 Å². The number of amides is 4. The number of hydrogen-bond donors (Lipinski definition) is 8. The minimum absolute atomic E-state index is 0.0472. The molecule has 0 saturated carbocycles. The summed E-state index contributed by atoms with van der Waals surface area (Å²) in [7, 11) is 0. The Balaban J connectivity index is 4.38. The summed E-state index contributed by atoms with van der Waals surface area (Å²) < 4.78 is 10.00. The number of ether oxygens (including phenoxy) is 2. The van der Waals surface area contributed by atoms with E-state index in [2.05, 4.69) is 21.3 Å². The quantitative estimate of drug-likeness (QED) is 0.144. The molecule has 0 aromatic rings. The molecule has 0 spiro atoms. The van der Waals surface area contributed by atoms with Crippen molar-refractivity contribution in [2.45, 2.75) is 77.2 Å². The number of carbonyl (C=O) groups is 4. The number of aliphatic hydroxyl groups is 4. The summed E-state index contributed by atoms with van der Waals surface area (Å²) in [6, 6.07) is 0. The van der Waals surface area contributed by atoms with Gasteiger partial charge >= 0.3 is 12.2 Å². The number of aliphatic hydroxyl groups excluding tert-OH is 4. The van der Waals surface area contributed by atoms with Crippen molar-refractivity contribution in [1.29, 1.82) is 0 Å². The van der Waals surface area contributed by atoms with E-state index in [0.717, 1.165) is 0 Å². The average molecular weight is 495 g/mol. The van der Waals surface area contributed by atoms with Crippen molar-refractivity contribution in [2.75, 3.05) is 26.2 Å². The van der Waals surface area contributed by atoms with Crippen LogP contribution < -0.4 is 21.3 Å². The molecule has 0 aliphatic carbocycles. The molecule has 14 nitrogen and oxygen atoms in total. The fourth-order valence-corrected chi connectivity index (χ4v) is 2.22. The third kappa shape index (κ3) is 13.8. The zero-order valence-electron chi connectivity index (χ0n) is 20.4. The van der Waals surface area contributed by atoms with E-state index in [4.69, 9.17) is 9.47 Å². The second-order valence-electron chi connectivity index (χ2n) is 9.31. The number of hydrogen-bond acceptors (Lipinski definition) is 10. The Morgan fingerprint density at radius 2 is 0.853 bits per heavy atom. The first-order chi connectivity index (χ1) is 15.4. The topological polar surface area (TPSA) is 216 Å². The Kier molecular flexibility index (Phi) is 12.8. The van der Waals surface area contributed by atoms with Crippen molar-refractivity contribution in [1.82, 2.24) is 21.3 Å². The van der Waals surface area contributed by atoms with Crippen LogP contribution in [-0.4, -0.2) is 106 Å². The van der Waals surface area contributed by atoms with Gasteiger partial charge in [0, 0.05) is 26.2 Å². The smallest absolute Gasteiger partial charge is 0.407 e. The van der Waals surface area contributed by atoms with Gasteiger partial charge in [0.2, 0.25) is 0 Å². The molecule has 34 heavy (non-hydrogen) atoms. The minimum atomic E-state index is -2.19. The molecule has 1 unspecified atom stereocenters. The maximum Gasteiger partial charge on any atom is 0.407 e. The van der Waals surface area contributed by atoms with Crippen LogP contribution in [0.15, 0.2) is 0 Å². The minimum Gasteiger partial charge on any atom is -0.444 e. The van der Waals surface area contributed by atoms with Crippen LogP contribution in [0.2, 0.25) is 0 Å². The van der Waals surface area contributed by atoms with E-state index in [9.17, 15) is 39.6 Å². The fourth-order valence-electron chi connectivity index (χ4n) is 2.22. The molecule has 4 amide bonds. The maximum absolute atomic E-state index is 11.9. The lowest BCUT2D eigenvalue weighted by atomic mass is 10.0. The van der Waals surface area contributed by atoms with Gasteiger partial charge < -0.3 is 51.2 Å². The summed E-state index contributed by atoms with van der Waals surface area (Å²) in [5, 5.41) is 48.8. The summed E-state index contributed by atoms with van der Waals surface area (Å²) in [5.74, 6) is -2.21. The molecule has 0 radical (unpaired) electrons. The van der Waals surface area contributed by atoms with Gasteiger partial charge in [-0.1, -0.05) is 0 Å². The van der Waals surface area contributed by atoms with Crippen LogP contribution in [0.1, 0.15) is 41.5 Å². The fraction of sp³-hybridized carbons (Fsp3) is 0.800. The highest BCUT2D eigenvalue weighted by Crippen LogP contribution is 2.08. The Morgan fingerprint density at radius 3 is 1.12 bits per heavy atom. The van der Waals surface area contributed by atoms with Crippen molar-refractivity contribution in [2.24, 2.45) is 0 Å². The predicted octanol–water partition coefficient (Wildman–Crippen LogP) is -2.29. The van der Waals surface area contributed by atoms with Crippen molar-refractivity contribution in [3.8, 4) is 0 Å². The van der Waals surface area contributed by atoms with Crippen LogP contribution in [0.3, 0.4) is 0 Å². The van der Waals surface area contributed by atoms with Gasteiger partial charge in [-0.15, -0.1) is 0 Å². The maximum atomic E-state index is 11.9. The molecule has 14 heteroatoms. The highest BCUT2D eigenvalue weighted by Gasteiger charge is 2.37. The summed E-state index contributed by atoms with van der Waals surface area (Å²) >= 11 is 0. The van der Waals surface area contributed by atoms with Gasteiger partial charge in [0.25, 0.3) is 11.8 Å². The van der Waals surface area contributed by atoms with E-state index < -0.39 is 59.6 Å². The van der Waals surface area contributed by atoms with Gasteiger partial charge in [-0.2, -0.15) is 0 Å². The summed E-state index contributed by atoms with van der Waals surface area (Å²) in [4.78, 5) is 46.8. The number of carbonyl (C=O) groups excluding carboxylic acids is 4. The van der Waals surface area contributed by atoms with E-state index in [1.165, 1.54) is 0 Å². The molecule has 0 aliphatic heterocycles. The molecule has 198 valence electrons. The summed E-state index contributed by atoms with van der Waals surface area (Å²) in [6.07, 6.45) is -10.2. The molecule has 0 bridgehead atoms. The van der Waals surface area contributed by atoms with E-state index >= 15 is 0 Å². The highest BCUT2D eigenvalue weighted by molar-refractivity contribution is 5.83. The third-order valence-electron chi connectivity index (χ3n) is 3.72. The van der Waals surface area contributed by atoms with Gasteiger partial charge in [-0.05, 0) is 41.5 Å². The number of nitrogens with one attached hydrogen (secondary N) is 4. The van der Waals surface area contributed by atoms with E-state index in [1.54, 1.807) is 41.5 Å². The van der Waals surface area contributed by atoms with Gasteiger partial charge in [0.15, 0.2) is 12.2 Å². The Hall–Kier alpha value is -2.68. The standard InChI is InChI=1S/C20H38N4O10/c1-19(2,3)33-17(31)23-9-7-21-15(29)13(27)11(25)12(26)14(28)16(30)22-8-10-24-18(32)34-20(4,5)6/h11-14,25-28H,7-10H2,1-6H3,(H,21,29)(H,22,30)(H,23,31)(H,24,32)/t11-,12?,13+,14-/m0/s1.